The van der Waals surface area contributed by atoms with Crippen molar-refractivity contribution < 1.29 is 36.2 Å². The van der Waals surface area contributed by atoms with Gasteiger partial charge in [0, 0.05) is 45.3 Å². The van der Waals surface area contributed by atoms with Crippen molar-refractivity contribution in [1.82, 2.24) is 19.4 Å². The zero-order chi connectivity index (χ0) is 27.0. The van der Waals surface area contributed by atoms with Gasteiger partial charge in [0.25, 0.3) is 0 Å². The fourth-order valence-electron chi connectivity index (χ4n) is 5.16. The summed E-state index contributed by atoms with van der Waals surface area (Å²) in [6, 6.07) is 9.58. The highest BCUT2D eigenvalue weighted by atomic mass is 19.4. The zero-order valence-electron chi connectivity index (χ0n) is 20.4. The lowest BCUT2D eigenvalue weighted by Crippen LogP contribution is -2.37. The molecule has 1 amide bonds. The minimum atomic E-state index is -4.83. The molecular weight excluding hydrogens is 511 g/mol. The van der Waals surface area contributed by atoms with E-state index in [2.05, 4.69) is 14.6 Å². The summed E-state index contributed by atoms with van der Waals surface area (Å²) >= 11 is 0. The van der Waals surface area contributed by atoms with Crippen LogP contribution in [0.25, 0.3) is 0 Å². The van der Waals surface area contributed by atoms with E-state index in [9.17, 15) is 26.7 Å². The number of halogens is 5. The molecule has 1 saturated heterocycles. The van der Waals surface area contributed by atoms with Crippen LogP contribution in [0.5, 0.6) is 11.6 Å². The molecule has 2 heterocycles. The second kappa shape index (κ2) is 10.2. The van der Waals surface area contributed by atoms with E-state index >= 15 is 0 Å². The summed E-state index contributed by atoms with van der Waals surface area (Å²) < 4.78 is 76.7. The number of nitrogens with zero attached hydrogens (tertiary/aromatic N) is 4. The molecule has 0 radical (unpaired) electrons. The monoisotopic (exact) mass is 536 g/mol. The first kappa shape index (κ1) is 26.0. The average molecular weight is 537 g/mol. The van der Waals surface area contributed by atoms with Crippen molar-refractivity contribution in [2.45, 2.75) is 19.5 Å². The molecule has 202 valence electrons. The number of benzene rings is 2. The van der Waals surface area contributed by atoms with Crippen molar-refractivity contribution in [3.8, 4) is 11.6 Å². The molecule has 7 nitrogen and oxygen atoms in total. The zero-order valence-corrected chi connectivity index (χ0v) is 20.4. The molecule has 1 aliphatic heterocycles. The van der Waals surface area contributed by atoms with E-state index in [1.165, 1.54) is 41.7 Å². The number of hydrogen-bond acceptors (Lipinski definition) is 5. The molecule has 3 aromatic rings. The summed E-state index contributed by atoms with van der Waals surface area (Å²) in [5.41, 5.74) is 0.739. The third-order valence-corrected chi connectivity index (χ3v) is 6.94. The number of rotatable bonds is 8. The number of aromatic nitrogens is 2. The number of imidazole rings is 1. The molecule has 2 fully saturated rings. The number of fused-ring (bicyclic) bond motifs is 1. The van der Waals surface area contributed by atoms with Gasteiger partial charge in [-0.1, -0.05) is 24.3 Å². The van der Waals surface area contributed by atoms with Gasteiger partial charge < -0.3 is 18.9 Å². The predicted molar refractivity (Wildman–Crippen MR) is 125 cm³/mol. The molecule has 38 heavy (non-hydrogen) atoms. The number of hydrogen-bond donors (Lipinski definition) is 0. The number of carbonyl (C=O) groups is 1. The highest BCUT2D eigenvalue weighted by molar-refractivity contribution is 5.70. The third kappa shape index (κ3) is 6.07. The van der Waals surface area contributed by atoms with Crippen molar-refractivity contribution in [3.05, 3.63) is 77.8 Å². The Bertz CT molecular complexity index is 1300. The molecule has 0 spiro atoms. The second-order valence-electron chi connectivity index (χ2n) is 9.72. The Morgan fingerprint density at radius 2 is 1.87 bits per heavy atom. The normalized spacial score (nSPS) is 20.7. The molecule has 1 aromatic heterocycles. The van der Waals surface area contributed by atoms with E-state index < -0.39 is 24.1 Å². The SMILES string of the molecule is Cn1cnc(OC(=O)N(Cc2cccc(OC(F)(F)F)c2)CC2C3CN(Cc4cccc(F)c4F)CC32)c1. The number of likely N-dealkylation sites (tertiary alicyclic amines) is 1. The van der Waals surface area contributed by atoms with Crippen molar-refractivity contribution in [1.29, 1.82) is 0 Å². The molecule has 1 aliphatic carbocycles. The van der Waals surface area contributed by atoms with Gasteiger partial charge in [0.15, 0.2) is 11.6 Å². The van der Waals surface area contributed by atoms with Crippen LogP contribution < -0.4 is 9.47 Å². The fraction of sp³-hybridized carbons (Fsp3) is 0.385. The van der Waals surface area contributed by atoms with Gasteiger partial charge in [-0.25, -0.2) is 18.6 Å². The summed E-state index contributed by atoms with van der Waals surface area (Å²) in [4.78, 5) is 20.6. The number of amides is 1. The maximum absolute atomic E-state index is 14.1. The van der Waals surface area contributed by atoms with Crippen LogP contribution in [-0.2, 0) is 20.1 Å². The molecule has 2 aromatic carbocycles. The highest BCUT2D eigenvalue weighted by Crippen LogP contribution is 2.52. The maximum atomic E-state index is 14.1. The summed E-state index contributed by atoms with van der Waals surface area (Å²) in [7, 11) is 1.72. The van der Waals surface area contributed by atoms with Crippen LogP contribution in [0.15, 0.2) is 55.0 Å². The Labute approximate surface area is 215 Å². The maximum Gasteiger partial charge on any atom is 0.573 e. The van der Waals surface area contributed by atoms with Gasteiger partial charge in [0.1, 0.15) is 5.75 Å². The Morgan fingerprint density at radius 1 is 1.13 bits per heavy atom. The lowest BCUT2D eigenvalue weighted by Gasteiger charge is -2.25. The fourth-order valence-corrected chi connectivity index (χ4v) is 5.16. The number of ether oxygens (including phenoxy) is 2. The van der Waals surface area contributed by atoms with Gasteiger partial charge in [0.2, 0.25) is 5.88 Å². The Morgan fingerprint density at radius 3 is 2.55 bits per heavy atom. The first-order valence-electron chi connectivity index (χ1n) is 12.0. The molecule has 2 atom stereocenters. The molecule has 5 rings (SSSR count). The van der Waals surface area contributed by atoms with Crippen LogP contribution in [0.4, 0.5) is 26.7 Å². The molecule has 12 heteroatoms. The van der Waals surface area contributed by atoms with Gasteiger partial charge in [-0.2, -0.15) is 0 Å². The average Bonchev–Trinajstić information content (AvgIpc) is 3.14. The first-order chi connectivity index (χ1) is 18.1. The van der Waals surface area contributed by atoms with Crippen LogP contribution in [0.2, 0.25) is 0 Å². The van der Waals surface area contributed by atoms with Gasteiger partial charge >= 0.3 is 12.5 Å². The van der Waals surface area contributed by atoms with Crippen LogP contribution in [0, 0.1) is 29.4 Å². The summed E-state index contributed by atoms with van der Waals surface area (Å²) in [5.74, 6) is -1.32. The van der Waals surface area contributed by atoms with E-state index in [-0.39, 0.29) is 35.9 Å². The van der Waals surface area contributed by atoms with Crippen molar-refractivity contribution in [2.75, 3.05) is 19.6 Å². The van der Waals surface area contributed by atoms with Crippen LogP contribution in [0.3, 0.4) is 0 Å². The minimum Gasteiger partial charge on any atom is -0.406 e. The standard InChI is InChI=1S/C26H25F5N4O3/c1-33-14-23(32-15-33)37-25(36)35(9-16-4-2-6-18(8-16)38-26(29,30)31)13-21-19-11-34(12-20(19)21)10-17-5-3-7-22(27)24(17)28/h2-8,14-15,19-21H,9-13H2,1H3. The third-order valence-electron chi connectivity index (χ3n) is 6.94. The first-order valence-corrected chi connectivity index (χ1v) is 12.0. The molecule has 0 N–H and O–H groups in total. The minimum absolute atomic E-state index is 0.00881. The van der Waals surface area contributed by atoms with Gasteiger partial charge in [0.05, 0.1) is 12.5 Å². The summed E-state index contributed by atoms with van der Waals surface area (Å²) in [5, 5.41) is 0. The molecule has 0 bridgehead atoms. The van der Waals surface area contributed by atoms with Gasteiger partial charge in [-0.05, 0) is 41.5 Å². The highest BCUT2D eigenvalue weighted by Gasteiger charge is 2.56. The van der Waals surface area contributed by atoms with E-state index in [4.69, 9.17) is 4.74 Å². The van der Waals surface area contributed by atoms with Gasteiger partial charge in [-0.15, -0.1) is 13.2 Å². The van der Waals surface area contributed by atoms with Crippen molar-refractivity contribution in [3.63, 3.8) is 0 Å². The van der Waals surface area contributed by atoms with E-state index in [0.29, 0.717) is 37.3 Å². The van der Waals surface area contributed by atoms with Crippen LogP contribution >= 0.6 is 0 Å². The van der Waals surface area contributed by atoms with E-state index in [1.807, 2.05) is 0 Å². The molecule has 2 aliphatic rings. The second-order valence-corrected chi connectivity index (χ2v) is 9.72. The summed E-state index contributed by atoms with van der Waals surface area (Å²) in [6.45, 7) is 1.97. The van der Waals surface area contributed by atoms with E-state index in [1.54, 1.807) is 23.7 Å². The lowest BCUT2D eigenvalue weighted by atomic mass is 10.1. The van der Waals surface area contributed by atoms with Crippen molar-refractivity contribution in [2.24, 2.45) is 24.8 Å². The quantitative estimate of drug-likeness (QED) is 0.381. The topological polar surface area (TPSA) is 59.8 Å². The number of alkyl halides is 3. The number of aryl methyl sites for hydroxylation is 1. The predicted octanol–water partition coefficient (Wildman–Crippen LogP) is 4.98. The van der Waals surface area contributed by atoms with Crippen LogP contribution in [-0.4, -0.2) is 51.4 Å². The molecule has 1 saturated carbocycles. The smallest absolute Gasteiger partial charge is 0.406 e. The number of carbonyl (C=O) groups excluding carboxylic acids is 1. The van der Waals surface area contributed by atoms with E-state index in [0.717, 1.165) is 6.07 Å². The van der Waals surface area contributed by atoms with Crippen LogP contribution in [0.1, 0.15) is 11.1 Å². The number of piperidine rings is 1. The molecular formula is C26H25F5N4O3. The summed E-state index contributed by atoms with van der Waals surface area (Å²) in [6.07, 6.45) is -2.49. The largest absolute Gasteiger partial charge is 0.573 e. The Hall–Kier alpha value is -3.67. The Balaban J connectivity index is 1.24. The molecule has 2 unspecified atom stereocenters. The van der Waals surface area contributed by atoms with Gasteiger partial charge in [-0.3, -0.25) is 4.90 Å². The van der Waals surface area contributed by atoms with Crippen molar-refractivity contribution >= 4 is 6.09 Å². The lowest BCUT2D eigenvalue weighted by molar-refractivity contribution is -0.274. The Kier molecular flexibility index (Phi) is 6.99.